The van der Waals surface area contributed by atoms with Gasteiger partial charge in [0.25, 0.3) is 0 Å². The second kappa shape index (κ2) is 8.62. The summed E-state index contributed by atoms with van der Waals surface area (Å²) in [7, 11) is 1.87. The van der Waals surface area contributed by atoms with Crippen molar-refractivity contribution in [1.82, 2.24) is 4.90 Å². The van der Waals surface area contributed by atoms with Crippen LogP contribution in [-0.4, -0.2) is 36.1 Å². The summed E-state index contributed by atoms with van der Waals surface area (Å²) < 4.78 is 19.2. The molecule has 0 N–H and O–H groups in total. The maximum Gasteiger partial charge on any atom is 0.223 e. The summed E-state index contributed by atoms with van der Waals surface area (Å²) >= 11 is 6.03. The number of hydrogen-bond acceptors (Lipinski definition) is 2. The molecule has 0 saturated carbocycles. The fourth-order valence-corrected chi connectivity index (χ4v) is 4.00. The van der Waals surface area contributed by atoms with E-state index in [1.165, 1.54) is 12.1 Å². The van der Waals surface area contributed by atoms with E-state index < -0.39 is 0 Å². The van der Waals surface area contributed by atoms with Gasteiger partial charge in [-0.25, -0.2) is 4.39 Å². The van der Waals surface area contributed by atoms with E-state index in [2.05, 4.69) is 13.8 Å². The Morgan fingerprint density at radius 2 is 1.75 bits per heavy atom. The lowest BCUT2D eigenvalue weighted by Crippen LogP contribution is -2.47. The summed E-state index contributed by atoms with van der Waals surface area (Å²) in [6.45, 7) is 4.78. The Labute approximate surface area is 171 Å². The van der Waals surface area contributed by atoms with Crippen LogP contribution < -0.4 is 0 Å². The van der Waals surface area contributed by atoms with Crippen LogP contribution in [0.25, 0.3) is 0 Å². The average Bonchev–Trinajstić information content (AvgIpc) is 2.66. The van der Waals surface area contributed by atoms with Gasteiger partial charge in [-0.2, -0.15) is 0 Å². The number of hydrogen-bond donors (Lipinski definition) is 0. The van der Waals surface area contributed by atoms with Gasteiger partial charge in [-0.05, 0) is 62.1 Å². The number of halogens is 2. The summed E-state index contributed by atoms with van der Waals surface area (Å²) in [5, 5.41) is 0.648. The number of amides is 1. The number of carbonyl (C=O) groups excluding carboxylic acids is 1. The van der Waals surface area contributed by atoms with Crippen molar-refractivity contribution >= 4 is 17.5 Å². The molecule has 3 nitrogen and oxygen atoms in total. The minimum atomic E-state index is -0.286. The van der Waals surface area contributed by atoms with Crippen LogP contribution >= 0.6 is 11.6 Å². The summed E-state index contributed by atoms with van der Waals surface area (Å²) in [5.41, 5.74) is 1.69. The van der Waals surface area contributed by atoms with Gasteiger partial charge in [0.1, 0.15) is 5.82 Å². The normalized spacial score (nSPS) is 19.8. The third-order valence-corrected chi connectivity index (χ3v) is 5.79. The molecule has 0 spiro atoms. The molecule has 5 heteroatoms. The molecule has 1 aliphatic rings. The van der Waals surface area contributed by atoms with Gasteiger partial charge in [-0.15, -0.1) is 0 Å². The van der Waals surface area contributed by atoms with Gasteiger partial charge in [0.15, 0.2) is 0 Å². The third kappa shape index (κ3) is 5.12. The minimum absolute atomic E-state index is 0.0759. The highest BCUT2D eigenvalue weighted by molar-refractivity contribution is 6.30. The first-order chi connectivity index (χ1) is 13.2. The highest BCUT2D eigenvalue weighted by Crippen LogP contribution is 2.32. The van der Waals surface area contributed by atoms with Crippen molar-refractivity contribution in [2.75, 3.05) is 13.7 Å². The molecule has 2 atom stereocenters. The number of ether oxygens (including phenoxy) is 1. The molecule has 1 amide bonds. The topological polar surface area (TPSA) is 29.5 Å². The van der Waals surface area contributed by atoms with Crippen molar-refractivity contribution in [3.05, 3.63) is 70.5 Å². The van der Waals surface area contributed by atoms with Gasteiger partial charge in [0.2, 0.25) is 5.91 Å². The van der Waals surface area contributed by atoms with Gasteiger partial charge in [0.05, 0.1) is 5.60 Å². The molecule has 0 radical (unpaired) electrons. The van der Waals surface area contributed by atoms with Crippen molar-refractivity contribution in [3.8, 4) is 0 Å². The van der Waals surface area contributed by atoms with Crippen molar-refractivity contribution in [1.29, 1.82) is 0 Å². The van der Waals surface area contributed by atoms with Gasteiger partial charge in [-0.1, -0.05) is 35.9 Å². The summed E-state index contributed by atoms with van der Waals surface area (Å²) in [4.78, 5) is 15.0. The fraction of sp³-hybridized carbons (Fsp3) is 0.435. The molecule has 1 fully saturated rings. The Bertz CT molecular complexity index is 759. The van der Waals surface area contributed by atoms with Crippen molar-refractivity contribution < 1.29 is 13.9 Å². The molecule has 1 heterocycles. The molecule has 0 aromatic heterocycles. The first-order valence-corrected chi connectivity index (χ1v) is 10.0. The summed E-state index contributed by atoms with van der Waals surface area (Å²) in [6.07, 6.45) is 1.98. The first-order valence-electron chi connectivity index (χ1n) is 9.66. The van der Waals surface area contributed by atoms with Gasteiger partial charge in [0, 0.05) is 37.1 Å². The van der Waals surface area contributed by atoms with Crippen LogP contribution in [0.1, 0.15) is 50.2 Å². The highest BCUT2D eigenvalue weighted by atomic mass is 35.5. The van der Waals surface area contributed by atoms with Crippen LogP contribution in [-0.2, 0) is 9.53 Å². The molecule has 2 unspecified atom stereocenters. The van der Waals surface area contributed by atoms with Gasteiger partial charge >= 0.3 is 0 Å². The van der Waals surface area contributed by atoms with Gasteiger partial charge < -0.3 is 9.64 Å². The largest absolute Gasteiger partial charge is 0.375 e. The number of rotatable bonds is 5. The average molecular weight is 404 g/mol. The first kappa shape index (κ1) is 20.8. The molecule has 0 bridgehead atoms. The Morgan fingerprint density at radius 1 is 1.18 bits per heavy atom. The molecule has 0 aliphatic carbocycles. The summed E-state index contributed by atoms with van der Waals surface area (Å²) in [5.74, 6) is -0.362. The molecule has 2 aromatic carbocycles. The molecule has 1 aliphatic heterocycles. The van der Waals surface area contributed by atoms with E-state index in [1.54, 1.807) is 12.1 Å². The SMILES string of the molecule is CN(C(=O)CC(c1ccc(F)cc1)c1ccc(Cl)cc1)C1CCOC(C)(C)C1. The van der Waals surface area contributed by atoms with Crippen LogP contribution in [0.5, 0.6) is 0 Å². The summed E-state index contributed by atoms with van der Waals surface area (Å²) in [6, 6.07) is 14.0. The molecular weight excluding hydrogens is 377 g/mol. The van der Waals surface area contributed by atoms with E-state index in [1.807, 2.05) is 36.2 Å². The van der Waals surface area contributed by atoms with E-state index >= 15 is 0 Å². The quantitative estimate of drug-likeness (QED) is 0.667. The fourth-order valence-electron chi connectivity index (χ4n) is 3.87. The molecule has 2 aromatic rings. The predicted octanol–water partition coefficient (Wildman–Crippen LogP) is 5.42. The van der Waals surface area contributed by atoms with E-state index in [4.69, 9.17) is 16.3 Å². The maximum absolute atomic E-state index is 13.4. The lowest BCUT2D eigenvalue weighted by Gasteiger charge is -2.40. The molecule has 1 saturated heterocycles. The number of benzene rings is 2. The molecule has 28 heavy (non-hydrogen) atoms. The van der Waals surface area contributed by atoms with Crippen LogP contribution in [0.2, 0.25) is 5.02 Å². The Kier molecular flexibility index (Phi) is 6.41. The zero-order chi connectivity index (χ0) is 20.3. The Morgan fingerprint density at radius 3 is 2.32 bits per heavy atom. The van der Waals surface area contributed by atoms with Gasteiger partial charge in [-0.3, -0.25) is 4.79 Å². The third-order valence-electron chi connectivity index (χ3n) is 5.54. The van der Waals surface area contributed by atoms with E-state index in [9.17, 15) is 9.18 Å². The Balaban J connectivity index is 1.81. The van der Waals surface area contributed by atoms with Crippen molar-refractivity contribution in [3.63, 3.8) is 0 Å². The van der Waals surface area contributed by atoms with E-state index in [0.29, 0.717) is 18.1 Å². The Hall–Kier alpha value is -1.91. The lowest BCUT2D eigenvalue weighted by atomic mass is 9.87. The van der Waals surface area contributed by atoms with Crippen LogP contribution in [0.15, 0.2) is 48.5 Å². The van der Waals surface area contributed by atoms with Crippen molar-refractivity contribution in [2.45, 2.75) is 50.7 Å². The minimum Gasteiger partial charge on any atom is -0.375 e. The van der Waals surface area contributed by atoms with Crippen molar-refractivity contribution in [2.24, 2.45) is 0 Å². The second-order valence-electron chi connectivity index (χ2n) is 8.12. The number of nitrogens with zero attached hydrogens (tertiary/aromatic N) is 1. The standard InChI is InChI=1S/C23H27ClFNO2/c1-23(2)15-20(12-13-28-23)26(3)22(27)14-21(16-4-8-18(24)9-5-16)17-6-10-19(25)11-7-17/h4-11,20-21H,12-15H2,1-3H3. The van der Waals surface area contributed by atoms with E-state index in [0.717, 1.165) is 24.0 Å². The second-order valence-corrected chi connectivity index (χ2v) is 8.56. The van der Waals surface area contributed by atoms with E-state index in [-0.39, 0.29) is 29.3 Å². The van der Waals surface area contributed by atoms with Crippen LogP contribution in [0.4, 0.5) is 4.39 Å². The zero-order valence-corrected chi connectivity index (χ0v) is 17.4. The maximum atomic E-state index is 13.4. The van der Waals surface area contributed by atoms with Crippen LogP contribution in [0.3, 0.4) is 0 Å². The molecular formula is C23H27ClFNO2. The molecule has 3 rings (SSSR count). The lowest BCUT2D eigenvalue weighted by molar-refractivity contribution is -0.138. The highest BCUT2D eigenvalue weighted by Gasteiger charge is 2.33. The molecule has 150 valence electrons. The monoisotopic (exact) mass is 403 g/mol. The smallest absolute Gasteiger partial charge is 0.223 e. The van der Waals surface area contributed by atoms with Crippen LogP contribution in [0, 0.1) is 5.82 Å². The zero-order valence-electron chi connectivity index (χ0n) is 16.6. The number of carbonyl (C=O) groups is 1. The predicted molar refractivity (Wildman–Crippen MR) is 110 cm³/mol.